The number of rotatable bonds is 4. The first-order valence-corrected chi connectivity index (χ1v) is 10.5. The lowest BCUT2D eigenvalue weighted by atomic mass is 10.1. The second-order valence-corrected chi connectivity index (χ2v) is 8.10. The molecule has 0 aliphatic carbocycles. The molecule has 0 saturated carbocycles. The summed E-state index contributed by atoms with van der Waals surface area (Å²) in [7, 11) is 0. The van der Waals surface area contributed by atoms with Gasteiger partial charge in [0, 0.05) is 37.4 Å². The molecule has 0 bridgehead atoms. The Bertz CT molecular complexity index is 1130. The van der Waals surface area contributed by atoms with Gasteiger partial charge in [0.15, 0.2) is 11.5 Å². The van der Waals surface area contributed by atoms with Crippen molar-refractivity contribution in [3.05, 3.63) is 70.5 Å². The molecule has 1 amide bonds. The Morgan fingerprint density at radius 3 is 2.16 bits per heavy atom. The van der Waals surface area contributed by atoms with Gasteiger partial charge in [-0.3, -0.25) is 9.59 Å². The number of hydrogen-bond donors (Lipinski definition) is 0. The van der Waals surface area contributed by atoms with Crippen LogP contribution in [0, 0.1) is 20.8 Å². The normalized spacial score (nSPS) is 14.1. The highest BCUT2D eigenvalue weighted by molar-refractivity contribution is 5.94. The van der Waals surface area contributed by atoms with Crippen LogP contribution in [0.25, 0.3) is 5.69 Å². The van der Waals surface area contributed by atoms with Crippen LogP contribution >= 0.6 is 0 Å². The summed E-state index contributed by atoms with van der Waals surface area (Å²) in [6.45, 7) is 10.2. The van der Waals surface area contributed by atoms with Crippen molar-refractivity contribution in [1.29, 1.82) is 0 Å². The third-order valence-corrected chi connectivity index (χ3v) is 5.76. The number of aromatic nitrogens is 3. The molecule has 31 heavy (non-hydrogen) atoms. The Balaban J connectivity index is 1.45. The summed E-state index contributed by atoms with van der Waals surface area (Å²) in [6.07, 6.45) is 0. The monoisotopic (exact) mass is 417 g/mol. The minimum absolute atomic E-state index is 0.0613. The number of Topliss-reactive ketones (excluding diaryl/α,β-unsaturated/α-hetero) is 1. The SMILES string of the molecule is CC(=O)c1ccc(N2CCN(C(=O)c3nn(-c4ccc(C)cc4C)nc3C)CC2)cc1. The molecule has 0 spiro atoms. The molecule has 7 nitrogen and oxygen atoms in total. The van der Waals surface area contributed by atoms with Gasteiger partial charge in [0.05, 0.1) is 11.4 Å². The quantitative estimate of drug-likeness (QED) is 0.609. The summed E-state index contributed by atoms with van der Waals surface area (Å²) in [5.74, 6) is -0.0219. The van der Waals surface area contributed by atoms with Gasteiger partial charge in [0.2, 0.25) is 0 Å². The summed E-state index contributed by atoms with van der Waals surface area (Å²) in [5, 5.41) is 9.01. The molecule has 2 aromatic carbocycles. The number of carbonyl (C=O) groups is 2. The predicted molar refractivity (Wildman–Crippen MR) is 120 cm³/mol. The number of aryl methyl sites for hydroxylation is 3. The Kier molecular flexibility index (Phi) is 5.59. The lowest BCUT2D eigenvalue weighted by molar-refractivity contribution is 0.0739. The van der Waals surface area contributed by atoms with Crippen LogP contribution < -0.4 is 4.90 Å². The largest absolute Gasteiger partial charge is 0.368 e. The third kappa shape index (κ3) is 4.21. The lowest BCUT2D eigenvalue weighted by Gasteiger charge is -2.35. The van der Waals surface area contributed by atoms with Crippen molar-refractivity contribution in [3.8, 4) is 5.69 Å². The standard InChI is InChI=1S/C24H27N5O2/c1-16-5-10-22(17(2)15-16)29-25-18(3)23(26-29)24(31)28-13-11-27(12-14-28)21-8-6-20(7-9-21)19(4)30/h5-10,15H,11-14H2,1-4H3. The van der Waals surface area contributed by atoms with Crippen LogP contribution in [0.15, 0.2) is 42.5 Å². The molecule has 1 fully saturated rings. The number of benzene rings is 2. The average molecular weight is 418 g/mol. The van der Waals surface area contributed by atoms with Gasteiger partial charge in [-0.15, -0.1) is 5.10 Å². The molecule has 4 rings (SSSR count). The van der Waals surface area contributed by atoms with Gasteiger partial charge in [0.25, 0.3) is 5.91 Å². The second kappa shape index (κ2) is 8.34. The molecule has 1 aromatic heterocycles. The molecule has 1 aliphatic rings. The summed E-state index contributed by atoms with van der Waals surface area (Å²) in [5.41, 5.74) is 5.93. The van der Waals surface area contributed by atoms with Crippen molar-refractivity contribution in [1.82, 2.24) is 19.9 Å². The van der Waals surface area contributed by atoms with Crippen LogP contribution in [0.3, 0.4) is 0 Å². The number of ketones is 1. The van der Waals surface area contributed by atoms with Crippen molar-refractivity contribution in [2.45, 2.75) is 27.7 Å². The van der Waals surface area contributed by atoms with E-state index in [-0.39, 0.29) is 11.7 Å². The van der Waals surface area contributed by atoms with Gasteiger partial charge in [-0.05, 0) is 63.6 Å². The molecule has 0 atom stereocenters. The molecule has 0 N–H and O–H groups in total. The summed E-state index contributed by atoms with van der Waals surface area (Å²) >= 11 is 0. The minimum atomic E-state index is -0.0832. The van der Waals surface area contributed by atoms with E-state index in [9.17, 15) is 9.59 Å². The number of amides is 1. The molecule has 160 valence electrons. The fraction of sp³-hybridized carbons (Fsp3) is 0.333. The van der Waals surface area contributed by atoms with Crippen LogP contribution in [0.1, 0.15) is 44.6 Å². The van der Waals surface area contributed by atoms with Gasteiger partial charge < -0.3 is 9.80 Å². The molecule has 0 radical (unpaired) electrons. The second-order valence-electron chi connectivity index (χ2n) is 8.10. The van der Waals surface area contributed by atoms with E-state index in [4.69, 9.17) is 0 Å². The first-order valence-electron chi connectivity index (χ1n) is 10.5. The zero-order chi connectivity index (χ0) is 22.1. The molecule has 1 aliphatic heterocycles. The van der Waals surface area contributed by atoms with Crippen LogP contribution in [0.5, 0.6) is 0 Å². The van der Waals surface area contributed by atoms with Gasteiger partial charge in [-0.1, -0.05) is 17.7 Å². The Morgan fingerprint density at radius 2 is 1.55 bits per heavy atom. The predicted octanol–water partition coefficient (Wildman–Crippen LogP) is 3.36. The Hall–Kier alpha value is -3.48. The van der Waals surface area contributed by atoms with Crippen molar-refractivity contribution in [2.24, 2.45) is 0 Å². The molecule has 2 heterocycles. The van der Waals surface area contributed by atoms with Crippen molar-refractivity contribution >= 4 is 17.4 Å². The minimum Gasteiger partial charge on any atom is -0.368 e. The van der Waals surface area contributed by atoms with E-state index in [0.29, 0.717) is 30.0 Å². The van der Waals surface area contributed by atoms with E-state index in [0.717, 1.165) is 30.0 Å². The fourth-order valence-electron chi connectivity index (χ4n) is 3.94. The molecule has 3 aromatic rings. The average Bonchev–Trinajstić information content (AvgIpc) is 3.14. The molecule has 7 heteroatoms. The highest BCUT2D eigenvalue weighted by Crippen LogP contribution is 2.20. The highest BCUT2D eigenvalue weighted by atomic mass is 16.2. The van der Waals surface area contributed by atoms with E-state index in [1.165, 1.54) is 5.56 Å². The van der Waals surface area contributed by atoms with Crippen LogP contribution in [-0.4, -0.2) is 57.8 Å². The van der Waals surface area contributed by atoms with Gasteiger partial charge in [-0.2, -0.15) is 9.90 Å². The lowest BCUT2D eigenvalue weighted by Crippen LogP contribution is -2.49. The topological polar surface area (TPSA) is 71.3 Å². The molecule has 0 unspecified atom stereocenters. The maximum atomic E-state index is 13.1. The van der Waals surface area contributed by atoms with Gasteiger partial charge >= 0.3 is 0 Å². The molecule has 1 saturated heterocycles. The van der Waals surface area contributed by atoms with E-state index < -0.39 is 0 Å². The van der Waals surface area contributed by atoms with Gasteiger partial charge in [0.1, 0.15) is 0 Å². The maximum Gasteiger partial charge on any atom is 0.276 e. The zero-order valence-electron chi connectivity index (χ0n) is 18.4. The smallest absolute Gasteiger partial charge is 0.276 e. The number of piperazine rings is 1. The van der Waals surface area contributed by atoms with Crippen molar-refractivity contribution < 1.29 is 9.59 Å². The van der Waals surface area contributed by atoms with Crippen LogP contribution in [0.4, 0.5) is 5.69 Å². The van der Waals surface area contributed by atoms with E-state index in [2.05, 4.69) is 21.2 Å². The van der Waals surface area contributed by atoms with Crippen molar-refractivity contribution in [3.63, 3.8) is 0 Å². The Morgan fingerprint density at radius 1 is 0.871 bits per heavy atom. The first-order chi connectivity index (χ1) is 14.8. The summed E-state index contributed by atoms with van der Waals surface area (Å²) < 4.78 is 0. The fourth-order valence-corrected chi connectivity index (χ4v) is 3.94. The first kappa shape index (κ1) is 20.8. The van der Waals surface area contributed by atoms with Crippen LogP contribution in [-0.2, 0) is 0 Å². The van der Waals surface area contributed by atoms with E-state index >= 15 is 0 Å². The zero-order valence-corrected chi connectivity index (χ0v) is 18.4. The van der Waals surface area contributed by atoms with E-state index in [1.807, 2.05) is 62.1 Å². The van der Waals surface area contributed by atoms with Gasteiger partial charge in [-0.25, -0.2) is 0 Å². The highest BCUT2D eigenvalue weighted by Gasteiger charge is 2.26. The number of nitrogens with zero attached hydrogens (tertiary/aromatic N) is 5. The molecular formula is C24H27N5O2. The maximum absolute atomic E-state index is 13.1. The summed E-state index contributed by atoms with van der Waals surface area (Å²) in [6, 6.07) is 13.7. The molecular weight excluding hydrogens is 390 g/mol. The third-order valence-electron chi connectivity index (χ3n) is 5.76. The van der Waals surface area contributed by atoms with E-state index in [1.54, 1.807) is 11.7 Å². The van der Waals surface area contributed by atoms with Crippen LogP contribution in [0.2, 0.25) is 0 Å². The number of hydrogen-bond acceptors (Lipinski definition) is 5. The number of anilines is 1. The van der Waals surface area contributed by atoms with Crippen molar-refractivity contribution in [2.75, 3.05) is 31.1 Å². The summed E-state index contributed by atoms with van der Waals surface area (Å²) in [4.78, 5) is 30.2. The number of carbonyl (C=O) groups excluding carboxylic acids is 2. The Labute approximate surface area is 182 Å².